The normalized spacial score (nSPS) is 29.6. The number of rotatable bonds is 3. The van der Waals surface area contributed by atoms with Crippen LogP contribution >= 0.6 is 0 Å². The van der Waals surface area contributed by atoms with E-state index in [1.807, 2.05) is 7.05 Å². The van der Waals surface area contributed by atoms with Gasteiger partial charge in [0.1, 0.15) is 12.1 Å². The number of hydrogen-bond acceptors (Lipinski definition) is 4. The Balaban J connectivity index is 2.25. The first kappa shape index (κ1) is 11.5. The third kappa shape index (κ3) is 3.27. The van der Waals surface area contributed by atoms with Crippen LogP contribution < -0.4 is 11.1 Å². The number of carbonyl (C=O) groups excluding carboxylic acids is 1. The fourth-order valence-electron chi connectivity index (χ4n) is 1.74. The summed E-state index contributed by atoms with van der Waals surface area (Å²) in [6, 6.07) is 0.0808. The van der Waals surface area contributed by atoms with Gasteiger partial charge in [-0.05, 0) is 39.7 Å². The smallest absolute Gasteiger partial charge is 0.322 e. The van der Waals surface area contributed by atoms with Crippen molar-refractivity contribution in [2.45, 2.75) is 50.8 Å². The van der Waals surface area contributed by atoms with Crippen molar-refractivity contribution in [1.82, 2.24) is 5.32 Å². The topological polar surface area (TPSA) is 64.3 Å². The summed E-state index contributed by atoms with van der Waals surface area (Å²) in [6.45, 7) is 1.65. The molecule has 1 saturated carbocycles. The molecule has 0 bridgehead atoms. The quantitative estimate of drug-likeness (QED) is 0.648. The molecular formula is C10H20N2O2. The van der Waals surface area contributed by atoms with Crippen LogP contribution in [0.4, 0.5) is 0 Å². The summed E-state index contributed by atoms with van der Waals surface area (Å²) in [5, 5.41) is 3.24. The van der Waals surface area contributed by atoms with Crippen molar-refractivity contribution in [2.24, 2.45) is 5.73 Å². The monoisotopic (exact) mass is 200 g/mol. The average molecular weight is 200 g/mol. The van der Waals surface area contributed by atoms with Gasteiger partial charge in [0.15, 0.2) is 0 Å². The minimum atomic E-state index is -0.503. The van der Waals surface area contributed by atoms with Crippen LogP contribution in [0.3, 0.4) is 0 Å². The predicted molar refractivity (Wildman–Crippen MR) is 54.8 cm³/mol. The van der Waals surface area contributed by atoms with Gasteiger partial charge in [-0.2, -0.15) is 0 Å². The number of nitrogens with one attached hydrogen (secondary N) is 1. The van der Waals surface area contributed by atoms with Gasteiger partial charge >= 0.3 is 5.97 Å². The summed E-state index contributed by atoms with van der Waals surface area (Å²) in [5.74, 6) is -0.280. The lowest BCUT2D eigenvalue weighted by molar-refractivity contribution is -0.151. The second-order valence-corrected chi connectivity index (χ2v) is 3.99. The Morgan fingerprint density at radius 3 is 2.43 bits per heavy atom. The Morgan fingerprint density at radius 2 is 2.00 bits per heavy atom. The van der Waals surface area contributed by atoms with E-state index in [9.17, 15) is 4.79 Å². The van der Waals surface area contributed by atoms with Crippen molar-refractivity contribution in [2.75, 3.05) is 7.05 Å². The third-order valence-electron chi connectivity index (χ3n) is 2.74. The molecule has 0 saturated heterocycles. The van der Waals surface area contributed by atoms with Crippen molar-refractivity contribution in [3.63, 3.8) is 0 Å². The van der Waals surface area contributed by atoms with Crippen LogP contribution in [0.1, 0.15) is 32.6 Å². The van der Waals surface area contributed by atoms with E-state index < -0.39 is 6.04 Å². The molecule has 0 aromatic carbocycles. The standard InChI is InChI=1S/C10H20N2O2/c1-7(11)10(13)14-9-5-3-8(12-2)4-6-9/h7-9,12H,3-6,11H2,1-2H3. The zero-order valence-electron chi connectivity index (χ0n) is 8.95. The molecule has 1 aliphatic rings. The molecule has 1 atom stereocenters. The van der Waals surface area contributed by atoms with Crippen molar-refractivity contribution in [1.29, 1.82) is 0 Å². The van der Waals surface area contributed by atoms with E-state index in [0.29, 0.717) is 6.04 Å². The van der Waals surface area contributed by atoms with E-state index in [2.05, 4.69) is 5.32 Å². The molecule has 0 aromatic heterocycles. The molecule has 0 spiro atoms. The second-order valence-electron chi connectivity index (χ2n) is 3.99. The predicted octanol–water partition coefficient (Wildman–Crippen LogP) is 0.407. The van der Waals surface area contributed by atoms with Crippen molar-refractivity contribution >= 4 is 5.97 Å². The van der Waals surface area contributed by atoms with Crippen molar-refractivity contribution in [3.05, 3.63) is 0 Å². The molecule has 4 heteroatoms. The van der Waals surface area contributed by atoms with Gasteiger partial charge in [-0.25, -0.2) is 0 Å². The minimum absolute atomic E-state index is 0.0816. The Bertz CT molecular complexity index is 187. The summed E-state index contributed by atoms with van der Waals surface area (Å²) < 4.78 is 5.25. The van der Waals surface area contributed by atoms with E-state index in [0.717, 1.165) is 25.7 Å². The highest BCUT2D eigenvalue weighted by molar-refractivity contribution is 5.75. The van der Waals surface area contributed by atoms with Gasteiger partial charge in [-0.3, -0.25) is 4.79 Å². The van der Waals surface area contributed by atoms with Gasteiger partial charge in [0.05, 0.1) is 0 Å². The van der Waals surface area contributed by atoms with Crippen LogP contribution in [0.2, 0.25) is 0 Å². The highest BCUT2D eigenvalue weighted by atomic mass is 16.5. The van der Waals surface area contributed by atoms with E-state index in [4.69, 9.17) is 10.5 Å². The van der Waals surface area contributed by atoms with E-state index in [1.54, 1.807) is 6.92 Å². The molecule has 3 N–H and O–H groups in total. The van der Waals surface area contributed by atoms with Gasteiger partial charge in [-0.1, -0.05) is 0 Å². The summed E-state index contributed by atoms with van der Waals surface area (Å²) in [6.07, 6.45) is 4.13. The fourth-order valence-corrected chi connectivity index (χ4v) is 1.74. The molecule has 1 aliphatic carbocycles. The maximum atomic E-state index is 11.2. The lowest BCUT2D eigenvalue weighted by atomic mass is 9.93. The largest absolute Gasteiger partial charge is 0.461 e. The molecule has 1 unspecified atom stereocenters. The minimum Gasteiger partial charge on any atom is -0.461 e. The average Bonchev–Trinajstić information content (AvgIpc) is 2.19. The SMILES string of the molecule is CNC1CCC(OC(=O)C(C)N)CC1. The molecule has 82 valence electrons. The van der Waals surface area contributed by atoms with Crippen LogP contribution in [0.25, 0.3) is 0 Å². The maximum absolute atomic E-state index is 11.2. The van der Waals surface area contributed by atoms with Crippen LogP contribution in [0.5, 0.6) is 0 Å². The molecule has 0 aromatic rings. The fraction of sp³-hybridized carbons (Fsp3) is 0.900. The molecule has 1 fully saturated rings. The number of nitrogens with two attached hydrogens (primary N) is 1. The van der Waals surface area contributed by atoms with Crippen LogP contribution in [0, 0.1) is 0 Å². The van der Waals surface area contributed by atoms with E-state index in [-0.39, 0.29) is 12.1 Å². The zero-order chi connectivity index (χ0) is 10.6. The Hall–Kier alpha value is -0.610. The maximum Gasteiger partial charge on any atom is 0.322 e. The molecule has 14 heavy (non-hydrogen) atoms. The summed E-state index contributed by atoms with van der Waals surface area (Å²) in [5.41, 5.74) is 5.42. The van der Waals surface area contributed by atoms with Gasteiger partial charge < -0.3 is 15.8 Å². The Labute approximate surface area is 85.2 Å². The first-order valence-electron chi connectivity index (χ1n) is 5.26. The van der Waals surface area contributed by atoms with Gasteiger partial charge in [0.2, 0.25) is 0 Å². The van der Waals surface area contributed by atoms with Gasteiger partial charge in [0.25, 0.3) is 0 Å². The zero-order valence-corrected chi connectivity index (χ0v) is 8.95. The molecule has 4 nitrogen and oxygen atoms in total. The highest BCUT2D eigenvalue weighted by Gasteiger charge is 2.23. The summed E-state index contributed by atoms with van der Waals surface area (Å²) in [4.78, 5) is 11.2. The molecular weight excluding hydrogens is 180 g/mol. The van der Waals surface area contributed by atoms with Crippen molar-refractivity contribution in [3.8, 4) is 0 Å². The third-order valence-corrected chi connectivity index (χ3v) is 2.74. The molecule has 1 rings (SSSR count). The van der Waals surface area contributed by atoms with Gasteiger partial charge in [-0.15, -0.1) is 0 Å². The number of hydrogen-bond donors (Lipinski definition) is 2. The molecule has 0 aliphatic heterocycles. The molecule has 0 radical (unpaired) electrons. The number of carbonyl (C=O) groups is 1. The molecule has 0 amide bonds. The van der Waals surface area contributed by atoms with E-state index >= 15 is 0 Å². The van der Waals surface area contributed by atoms with Crippen LogP contribution in [-0.4, -0.2) is 31.2 Å². The lowest BCUT2D eigenvalue weighted by Gasteiger charge is -2.28. The van der Waals surface area contributed by atoms with Crippen LogP contribution in [0.15, 0.2) is 0 Å². The summed E-state index contributed by atoms with van der Waals surface area (Å²) in [7, 11) is 1.97. The highest BCUT2D eigenvalue weighted by Crippen LogP contribution is 2.21. The van der Waals surface area contributed by atoms with Crippen molar-refractivity contribution < 1.29 is 9.53 Å². The van der Waals surface area contributed by atoms with Gasteiger partial charge in [0, 0.05) is 6.04 Å². The number of ether oxygens (including phenoxy) is 1. The number of esters is 1. The molecule has 0 heterocycles. The Kier molecular flexibility index (Phi) is 4.35. The first-order chi connectivity index (χ1) is 6.63. The second kappa shape index (κ2) is 5.32. The Morgan fingerprint density at radius 1 is 1.43 bits per heavy atom. The van der Waals surface area contributed by atoms with Crippen LogP contribution in [-0.2, 0) is 9.53 Å². The lowest BCUT2D eigenvalue weighted by Crippen LogP contribution is -2.37. The first-order valence-corrected chi connectivity index (χ1v) is 5.26. The summed E-state index contributed by atoms with van der Waals surface area (Å²) >= 11 is 0. The van der Waals surface area contributed by atoms with E-state index in [1.165, 1.54) is 0 Å².